The van der Waals surface area contributed by atoms with Crippen LogP contribution in [0.5, 0.6) is 5.75 Å². The smallest absolute Gasteiger partial charge is 0.247 e. The number of hydrogen-bond acceptors (Lipinski definition) is 2. The molecule has 1 saturated heterocycles. The van der Waals surface area contributed by atoms with E-state index in [-0.39, 0.29) is 11.4 Å². The molecule has 0 N–H and O–H groups in total. The molecule has 2 aliphatic rings. The first-order valence-corrected chi connectivity index (χ1v) is 8.91. The van der Waals surface area contributed by atoms with Gasteiger partial charge in [0, 0.05) is 12.6 Å². The third-order valence-corrected chi connectivity index (χ3v) is 5.52. The molecule has 2 aliphatic heterocycles. The van der Waals surface area contributed by atoms with Gasteiger partial charge in [0.1, 0.15) is 5.75 Å². The zero-order valence-electron chi connectivity index (χ0n) is 14.6. The average molecular weight is 333 g/mol. The van der Waals surface area contributed by atoms with E-state index in [1.165, 1.54) is 5.56 Å². The van der Waals surface area contributed by atoms with Crippen LogP contribution in [0.1, 0.15) is 30.4 Å². The number of ether oxygens (including phenoxy) is 1. The molecular weight excluding hydrogens is 310 g/mol. The molecule has 0 aromatic heterocycles. The lowest BCUT2D eigenvalue weighted by Gasteiger charge is -2.42. The van der Waals surface area contributed by atoms with Gasteiger partial charge in [-0.1, -0.05) is 42.5 Å². The highest BCUT2D eigenvalue weighted by molar-refractivity contribution is 5.98. The molecule has 2 aromatic rings. The Bertz CT molecular complexity index is 795. The van der Waals surface area contributed by atoms with Gasteiger partial charge in [-0.25, -0.2) is 0 Å². The number of carbonyl (C=O) groups excluding carboxylic acids is 1. The Balaban J connectivity index is 1.67. The number of nitrogens with zero attached hydrogens (tertiary/aromatic N) is 1. The summed E-state index contributed by atoms with van der Waals surface area (Å²) >= 11 is 0. The van der Waals surface area contributed by atoms with Crippen molar-refractivity contribution >= 4 is 11.5 Å². The maximum absolute atomic E-state index is 12.8. The van der Waals surface area contributed by atoms with Gasteiger partial charge in [-0.05, 0) is 54.5 Å². The van der Waals surface area contributed by atoms with Gasteiger partial charge in [-0.2, -0.15) is 0 Å². The van der Waals surface area contributed by atoms with E-state index in [0.717, 1.165) is 49.1 Å². The van der Waals surface area contributed by atoms with Crippen molar-refractivity contribution in [2.45, 2.75) is 31.2 Å². The molecule has 0 unspecified atom stereocenters. The molecule has 2 heterocycles. The van der Waals surface area contributed by atoms with Crippen molar-refractivity contribution in [3.8, 4) is 5.75 Å². The molecule has 25 heavy (non-hydrogen) atoms. The molecular formula is C22H23NO2. The van der Waals surface area contributed by atoms with Crippen molar-refractivity contribution in [3.05, 3.63) is 71.8 Å². The normalized spacial score (nSPS) is 22.5. The number of fused-ring (bicyclic) bond motifs is 1. The number of methoxy groups -OCH3 is 1. The minimum Gasteiger partial charge on any atom is -0.497 e. The summed E-state index contributed by atoms with van der Waals surface area (Å²) < 4.78 is 5.25. The van der Waals surface area contributed by atoms with E-state index in [1.54, 1.807) is 7.11 Å². The summed E-state index contributed by atoms with van der Waals surface area (Å²) in [6.45, 7) is 0.873. The summed E-state index contributed by atoms with van der Waals surface area (Å²) in [4.78, 5) is 14.9. The van der Waals surface area contributed by atoms with Gasteiger partial charge in [0.25, 0.3) is 0 Å². The summed E-state index contributed by atoms with van der Waals surface area (Å²) in [5, 5.41) is 0. The molecule has 128 valence electrons. The molecule has 1 amide bonds. The highest BCUT2D eigenvalue weighted by Crippen LogP contribution is 2.43. The van der Waals surface area contributed by atoms with E-state index < -0.39 is 0 Å². The first-order chi connectivity index (χ1) is 12.2. The fraction of sp³-hybridized carbons (Fsp3) is 0.318. The van der Waals surface area contributed by atoms with Crippen molar-refractivity contribution in [2.75, 3.05) is 13.7 Å². The highest BCUT2D eigenvalue weighted by atomic mass is 16.5. The van der Waals surface area contributed by atoms with Crippen LogP contribution in [0.25, 0.3) is 5.57 Å². The van der Waals surface area contributed by atoms with E-state index in [0.29, 0.717) is 0 Å². The van der Waals surface area contributed by atoms with Crippen molar-refractivity contribution < 1.29 is 9.53 Å². The van der Waals surface area contributed by atoms with Crippen LogP contribution in [0.15, 0.2) is 60.7 Å². The maximum Gasteiger partial charge on any atom is 0.247 e. The van der Waals surface area contributed by atoms with Crippen LogP contribution in [0.3, 0.4) is 0 Å². The third-order valence-electron chi connectivity index (χ3n) is 5.52. The standard InChI is InChI=1S/C22H23NO2/c1-25-20-10-8-18(9-11-20)19-14-21(24)23-13-5-12-22(23,16-19)15-17-6-3-2-4-7-17/h2-4,6-11,14H,5,12-13,15-16H2,1H3/t22-/m1/s1. The number of hydrogen-bond donors (Lipinski definition) is 0. The Morgan fingerprint density at radius 1 is 1.08 bits per heavy atom. The van der Waals surface area contributed by atoms with E-state index >= 15 is 0 Å². The first-order valence-electron chi connectivity index (χ1n) is 8.91. The Hall–Kier alpha value is -2.55. The first kappa shape index (κ1) is 15.9. The Kier molecular flexibility index (Phi) is 4.08. The van der Waals surface area contributed by atoms with E-state index in [2.05, 4.69) is 41.3 Å². The quantitative estimate of drug-likeness (QED) is 0.843. The van der Waals surface area contributed by atoms with Crippen molar-refractivity contribution in [1.29, 1.82) is 0 Å². The van der Waals surface area contributed by atoms with Gasteiger partial charge >= 0.3 is 0 Å². The lowest BCUT2D eigenvalue weighted by molar-refractivity contribution is -0.130. The van der Waals surface area contributed by atoms with Gasteiger partial charge in [0.15, 0.2) is 0 Å². The lowest BCUT2D eigenvalue weighted by Crippen LogP contribution is -2.50. The van der Waals surface area contributed by atoms with Gasteiger partial charge in [-0.15, -0.1) is 0 Å². The van der Waals surface area contributed by atoms with Crippen molar-refractivity contribution in [1.82, 2.24) is 4.90 Å². The van der Waals surface area contributed by atoms with Crippen LogP contribution in [0.2, 0.25) is 0 Å². The predicted molar refractivity (Wildman–Crippen MR) is 99.4 cm³/mol. The lowest BCUT2D eigenvalue weighted by atomic mass is 9.78. The number of carbonyl (C=O) groups is 1. The molecule has 0 aliphatic carbocycles. The average Bonchev–Trinajstić information content (AvgIpc) is 3.07. The maximum atomic E-state index is 12.8. The Morgan fingerprint density at radius 3 is 2.56 bits per heavy atom. The van der Waals surface area contributed by atoms with Crippen LogP contribution < -0.4 is 4.74 Å². The fourth-order valence-electron chi connectivity index (χ4n) is 4.31. The summed E-state index contributed by atoms with van der Waals surface area (Å²) in [6.07, 6.45) is 5.83. The minimum absolute atomic E-state index is 0.0809. The van der Waals surface area contributed by atoms with Crippen LogP contribution in [-0.2, 0) is 11.2 Å². The largest absolute Gasteiger partial charge is 0.497 e. The van der Waals surface area contributed by atoms with Gasteiger partial charge < -0.3 is 9.64 Å². The molecule has 4 rings (SSSR count). The second kappa shape index (κ2) is 6.40. The number of benzene rings is 2. The number of rotatable bonds is 4. The Labute approximate surface area is 148 Å². The van der Waals surface area contributed by atoms with E-state index in [9.17, 15) is 4.79 Å². The molecule has 0 bridgehead atoms. The van der Waals surface area contributed by atoms with Gasteiger partial charge in [0.05, 0.1) is 12.6 Å². The van der Waals surface area contributed by atoms with Crippen molar-refractivity contribution in [3.63, 3.8) is 0 Å². The number of amides is 1. The molecule has 0 radical (unpaired) electrons. The minimum atomic E-state index is -0.0809. The monoisotopic (exact) mass is 333 g/mol. The second-order valence-electron chi connectivity index (χ2n) is 7.06. The summed E-state index contributed by atoms with van der Waals surface area (Å²) in [5.74, 6) is 0.999. The van der Waals surface area contributed by atoms with Crippen LogP contribution in [-0.4, -0.2) is 30.0 Å². The van der Waals surface area contributed by atoms with Gasteiger partial charge in [0.2, 0.25) is 5.91 Å². The molecule has 3 heteroatoms. The molecule has 1 atom stereocenters. The van der Waals surface area contributed by atoms with Crippen molar-refractivity contribution in [2.24, 2.45) is 0 Å². The van der Waals surface area contributed by atoms with E-state index in [4.69, 9.17) is 4.74 Å². The zero-order valence-corrected chi connectivity index (χ0v) is 14.6. The molecule has 2 aromatic carbocycles. The third kappa shape index (κ3) is 2.95. The van der Waals surface area contributed by atoms with Gasteiger partial charge in [-0.3, -0.25) is 4.79 Å². The molecule has 3 nitrogen and oxygen atoms in total. The van der Waals surface area contributed by atoms with Crippen LogP contribution in [0, 0.1) is 0 Å². The predicted octanol–water partition coefficient (Wildman–Crippen LogP) is 4.09. The summed E-state index contributed by atoms with van der Waals surface area (Å²) in [6, 6.07) is 18.6. The summed E-state index contributed by atoms with van der Waals surface area (Å²) in [5.41, 5.74) is 3.48. The zero-order chi connectivity index (χ0) is 17.3. The summed E-state index contributed by atoms with van der Waals surface area (Å²) in [7, 11) is 1.67. The topological polar surface area (TPSA) is 29.5 Å². The fourth-order valence-corrected chi connectivity index (χ4v) is 4.31. The molecule has 0 saturated carbocycles. The second-order valence-corrected chi connectivity index (χ2v) is 7.06. The van der Waals surface area contributed by atoms with Crippen LogP contribution in [0.4, 0.5) is 0 Å². The highest BCUT2D eigenvalue weighted by Gasteiger charge is 2.46. The molecule has 1 fully saturated rings. The SMILES string of the molecule is COc1ccc(C2=CC(=O)N3CCC[C@@]3(Cc3ccccc3)C2)cc1. The molecule has 0 spiro atoms. The van der Waals surface area contributed by atoms with Crippen LogP contribution >= 0.6 is 0 Å². The van der Waals surface area contributed by atoms with E-state index in [1.807, 2.05) is 24.3 Å². The Morgan fingerprint density at radius 2 is 1.84 bits per heavy atom.